The molecule has 0 spiro atoms. The van der Waals surface area contributed by atoms with Crippen LogP contribution in [0.25, 0.3) is 10.9 Å². The first-order valence-corrected chi connectivity index (χ1v) is 8.05. The van der Waals surface area contributed by atoms with Crippen molar-refractivity contribution in [1.29, 1.82) is 0 Å². The molecule has 1 aromatic heterocycles. The summed E-state index contributed by atoms with van der Waals surface area (Å²) in [5, 5.41) is 24.1. The summed E-state index contributed by atoms with van der Waals surface area (Å²) in [4.78, 5) is 23.4. The number of hydrogen-bond donors (Lipinski definition) is 3. The van der Waals surface area contributed by atoms with Gasteiger partial charge in [0.1, 0.15) is 18.0 Å². The van der Waals surface area contributed by atoms with Gasteiger partial charge in [-0.25, -0.2) is 4.99 Å². The topological polar surface area (TPSA) is 107 Å². The number of carbonyl (C=O) groups is 1. The third kappa shape index (κ3) is 2.69. The number of aliphatic carboxylic acids is 1. The van der Waals surface area contributed by atoms with Gasteiger partial charge in [0.15, 0.2) is 5.88 Å². The van der Waals surface area contributed by atoms with Crippen LogP contribution < -0.4 is 0 Å². The van der Waals surface area contributed by atoms with Crippen molar-refractivity contribution in [1.82, 2.24) is 4.98 Å². The summed E-state index contributed by atoms with van der Waals surface area (Å²) in [5.41, 5.74) is 3.75. The maximum Gasteiger partial charge on any atom is 0.306 e. The number of para-hydroxylation sites is 2. The van der Waals surface area contributed by atoms with Crippen LogP contribution in [0.2, 0.25) is 0 Å². The number of carboxylic acid groups (broad SMARTS) is 1. The Labute approximate surface area is 148 Å². The number of aromatic hydroxyl groups is 1. The fourth-order valence-corrected chi connectivity index (χ4v) is 2.95. The van der Waals surface area contributed by atoms with Gasteiger partial charge in [-0.2, -0.15) is 0 Å². The van der Waals surface area contributed by atoms with Gasteiger partial charge in [-0.05, 0) is 12.1 Å². The van der Waals surface area contributed by atoms with Crippen molar-refractivity contribution in [3.05, 3.63) is 59.7 Å². The zero-order valence-corrected chi connectivity index (χ0v) is 13.6. The molecule has 3 N–H and O–H groups in total. The Balaban J connectivity index is 1.79. The van der Waals surface area contributed by atoms with E-state index in [1.54, 1.807) is 0 Å². The normalized spacial score (nSPS) is 14.5. The maximum atomic E-state index is 10.6. The van der Waals surface area contributed by atoms with E-state index >= 15 is 0 Å². The molecule has 1 aliphatic heterocycles. The van der Waals surface area contributed by atoms with E-state index in [2.05, 4.69) is 15.1 Å². The standard InChI is InChI=1S/C19H15N3O4/c23-15(24)9-10-26-22-17-12-6-2-4-8-14(12)20-18(17)16-11-5-1-3-7-13(11)21-19(16)25/h1-8,21,25H,9-10H2,(H,23,24)/b22-17+. The van der Waals surface area contributed by atoms with Gasteiger partial charge < -0.3 is 20.0 Å². The lowest BCUT2D eigenvalue weighted by atomic mass is 10.0. The Morgan fingerprint density at radius 3 is 2.77 bits per heavy atom. The number of carboxylic acids is 1. The molecule has 130 valence electrons. The third-order valence-electron chi connectivity index (χ3n) is 4.10. The van der Waals surface area contributed by atoms with Crippen LogP contribution in [0.15, 0.2) is 58.7 Å². The lowest BCUT2D eigenvalue weighted by molar-refractivity contribution is -0.138. The lowest BCUT2D eigenvalue weighted by Crippen LogP contribution is -2.14. The van der Waals surface area contributed by atoms with Gasteiger partial charge in [-0.15, -0.1) is 0 Å². The minimum absolute atomic E-state index is 0.00371. The quantitative estimate of drug-likeness (QED) is 0.485. The number of rotatable bonds is 5. The highest BCUT2D eigenvalue weighted by Crippen LogP contribution is 2.35. The molecule has 0 atom stereocenters. The molecule has 3 aromatic rings. The molecule has 0 bridgehead atoms. The summed E-state index contributed by atoms with van der Waals surface area (Å²) in [7, 11) is 0. The minimum Gasteiger partial charge on any atom is -0.494 e. The van der Waals surface area contributed by atoms with E-state index in [9.17, 15) is 9.90 Å². The summed E-state index contributed by atoms with van der Waals surface area (Å²) in [5.74, 6) is -0.962. The smallest absolute Gasteiger partial charge is 0.306 e. The molecule has 0 unspecified atom stereocenters. The van der Waals surface area contributed by atoms with Crippen molar-refractivity contribution >= 4 is 34.0 Å². The molecule has 4 rings (SSSR count). The van der Waals surface area contributed by atoms with E-state index < -0.39 is 5.97 Å². The van der Waals surface area contributed by atoms with E-state index in [0.717, 1.165) is 16.5 Å². The molecule has 2 heterocycles. The van der Waals surface area contributed by atoms with Crippen LogP contribution in [0.4, 0.5) is 5.69 Å². The van der Waals surface area contributed by atoms with Crippen LogP contribution in [0.1, 0.15) is 17.5 Å². The second-order valence-corrected chi connectivity index (χ2v) is 5.79. The van der Waals surface area contributed by atoms with E-state index in [4.69, 9.17) is 9.94 Å². The van der Waals surface area contributed by atoms with Gasteiger partial charge in [-0.1, -0.05) is 41.6 Å². The van der Waals surface area contributed by atoms with Crippen molar-refractivity contribution in [2.24, 2.45) is 10.1 Å². The second kappa shape index (κ2) is 6.36. The van der Waals surface area contributed by atoms with Gasteiger partial charge in [0.2, 0.25) is 0 Å². The van der Waals surface area contributed by atoms with E-state index in [-0.39, 0.29) is 18.9 Å². The molecular weight excluding hydrogens is 334 g/mol. The fourth-order valence-electron chi connectivity index (χ4n) is 2.95. The summed E-state index contributed by atoms with van der Waals surface area (Å²) in [6.45, 7) is -0.0475. The molecule has 0 radical (unpaired) electrons. The molecule has 26 heavy (non-hydrogen) atoms. The minimum atomic E-state index is -0.958. The SMILES string of the molecule is O=C(O)CCO/N=C1/C(c2c(O)[nH]c3ccccc23)=Nc2ccccc21. The summed E-state index contributed by atoms with van der Waals surface area (Å²) in [6, 6.07) is 14.9. The van der Waals surface area contributed by atoms with Crippen molar-refractivity contribution in [2.45, 2.75) is 6.42 Å². The van der Waals surface area contributed by atoms with Crippen LogP contribution in [-0.4, -0.2) is 39.2 Å². The largest absolute Gasteiger partial charge is 0.494 e. The van der Waals surface area contributed by atoms with Crippen molar-refractivity contribution in [2.75, 3.05) is 6.61 Å². The number of oxime groups is 1. The van der Waals surface area contributed by atoms with E-state index in [0.29, 0.717) is 22.7 Å². The number of H-pyrrole nitrogens is 1. The first kappa shape index (κ1) is 15.9. The molecule has 1 aliphatic rings. The molecule has 7 heteroatoms. The van der Waals surface area contributed by atoms with Gasteiger partial charge in [0.05, 0.1) is 17.7 Å². The number of nitrogens with one attached hydrogen (secondary N) is 1. The second-order valence-electron chi connectivity index (χ2n) is 5.79. The molecule has 7 nitrogen and oxygen atoms in total. The Hall–Kier alpha value is -3.61. The van der Waals surface area contributed by atoms with Crippen LogP contribution in [0, 0.1) is 0 Å². The summed E-state index contributed by atoms with van der Waals surface area (Å²) < 4.78 is 0. The first-order chi connectivity index (χ1) is 12.6. The number of nitrogens with zero attached hydrogens (tertiary/aromatic N) is 2. The lowest BCUT2D eigenvalue weighted by Gasteiger charge is -2.04. The van der Waals surface area contributed by atoms with Crippen LogP contribution >= 0.6 is 0 Å². The molecule has 0 aliphatic carbocycles. The zero-order chi connectivity index (χ0) is 18.1. The van der Waals surface area contributed by atoms with Gasteiger partial charge in [-0.3, -0.25) is 4.79 Å². The highest BCUT2D eigenvalue weighted by Gasteiger charge is 2.29. The predicted octanol–water partition coefficient (Wildman–Crippen LogP) is 3.20. The molecular formula is C19H15N3O4. The van der Waals surface area contributed by atoms with Crippen molar-refractivity contribution < 1.29 is 19.8 Å². The number of hydrogen-bond acceptors (Lipinski definition) is 5. The van der Waals surface area contributed by atoms with E-state index in [1.165, 1.54) is 0 Å². The average Bonchev–Trinajstić information content (AvgIpc) is 3.15. The Morgan fingerprint density at radius 1 is 1.15 bits per heavy atom. The zero-order valence-electron chi connectivity index (χ0n) is 13.6. The molecule has 0 fully saturated rings. The number of fused-ring (bicyclic) bond motifs is 2. The van der Waals surface area contributed by atoms with Gasteiger partial charge >= 0.3 is 5.97 Å². The molecule has 0 saturated heterocycles. The monoisotopic (exact) mass is 349 g/mol. The molecule has 0 amide bonds. The Bertz CT molecular complexity index is 1070. The summed E-state index contributed by atoms with van der Waals surface area (Å²) in [6.07, 6.45) is -0.150. The molecule has 0 saturated carbocycles. The fraction of sp³-hybridized carbons (Fsp3) is 0.105. The first-order valence-electron chi connectivity index (χ1n) is 8.05. The number of aliphatic imine (C=N–C) groups is 1. The van der Waals surface area contributed by atoms with Crippen LogP contribution in [0.5, 0.6) is 5.88 Å². The van der Waals surface area contributed by atoms with Crippen molar-refractivity contribution in [3.8, 4) is 5.88 Å². The highest BCUT2D eigenvalue weighted by molar-refractivity contribution is 6.58. The average molecular weight is 349 g/mol. The van der Waals surface area contributed by atoms with E-state index in [1.807, 2.05) is 48.5 Å². The van der Waals surface area contributed by atoms with Crippen LogP contribution in [0.3, 0.4) is 0 Å². The Kier molecular flexibility index (Phi) is 3.89. The van der Waals surface area contributed by atoms with Gasteiger partial charge in [0, 0.05) is 16.5 Å². The number of benzene rings is 2. The molecule has 2 aromatic carbocycles. The van der Waals surface area contributed by atoms with Crippen molar-refractivity contribution in [3.63, 3.8) is 0 Å². The van der Waals surface area contributed by atoms with Crippen LogP contribution in [-0.2, 0) is 9.63 Å². The number of aromatic nitrogens is 1. The number of aromatic amines is 1. The highest BCUT2D eigenvalue weighted by atomic mass is 16.6. The maximum absolute atomic E-state index is 10.6. The Morgan fingerprint density at radius 2 is 1.92 bits per heavy atom. The predicted molar refractivity (Wildman–Crippen MR) is 97.3 cm³/mol. The van der Waals surface area contributed by atoms with Gasteiger partial charge in [0.25, 0.3) is 0 Å². The third-order valence-corrected chi connectivity index (χ3v) is 4.10. The summed E-state index contributed by atoms with van der Waals surface area (Å²) >= 11 is 0.